The van der Waals surface area contributed by atoms with E-state index in [4.69, 9.17) is 4.74 Å². The van der Waals surface area contributed by atoms with Crippen molar-refractivity contribution in [3.8, 4) is 11.5 Å². The molecule has 0 aliphatic rings. The monoisotopic (exact) mass is 262 g/mol. The standard InChI is InChI=1S/C13H17F3O2/c1-3-4-5-8-17-11-7-6-10(2)9-12(11)18-13(14,15)16/h6-7,9H,3-5,8H2,1-2H3. The third kappa shape index (κ3) is 5.29. The van der Waals surface area contributed by atoms with Crippen LogP contribution in [0.1, 0.15) is 31.7 Å². The van der Waals surface area contributed by atoms with Crippen molar-refractivity contribution in [3.63, 3.8) is 0 Å². The van der Waals surface area contributed by atoms with Crippen molar-refractivity contribution < 1.29 is 22.6 Å². The summed E-state index contributed by atoms with van der Waals surface area (Å²) in [7, 11) is 0. The highest BCUT2D eigenvalue weighted by molar-refractivity contribution is 5.42. The van der Waals surface area contributed by atoms with Crippen LogP contribution in [0.3, 0.4) is 0 Å². The van der Waals surface area contributed by atoms with E-state index < -0.39 is 6.36 Å². The first-order chi connectivity index (χ1) is 8.42. The molecule has 5 heteroatoms. The molecule has 0 aliphatic carbocycles. The predicted molar refractivity (Wildman–Crippen MR) is 62.9 cm³/mol. The first kappa shape index (κ1) is 14.7. The summed E-state index contributed by atoms with van der Waals surface area (Å²) in [6.07, 6.45) is -1.87. The van der Waals surface area contributed by atoms with Crippen LogP contribution >= 0.6 is 0 Å². The van der Waals surface area contributed by atoms with E-state index in [1.807, 2.05) is 6.92 Å². The Balaban J connectivity index is 2.70. The number of hydrogen-bond donors (Lipinski definition) is 0. The number of alkyl halides is 3. The van der Waals surface area contributed by atoms with Gasteiger partial charge in [0, 0.05) is 0 Å². The van der Waals surface area contributed by atoms with Gasteiger partial charge < -0.3 is 9.47 Å². The summed E-state index contributed by atoms with van der Waals surface area (Å²) in [5, 5.41) is 0. The highest BCUT2D eigenvalue weighted by Crippen LogP contribution is 2.33. The zero-order valence-electron chi connectivity index (χ0n) is 10.5. The molecule has 0 N–H and O–H groups in total. The van der Waals surface area contributed by atoms with Gasteiger partial charge in [0.15, 0.2) is 11.5 Å². The highest BCUT2D eigenvalue weighted by atomic mass is 19.4. The van der Waals surface area contributed by atoms with E-state index in [1.54, 1.807) is 13.0 Å². The maximum absolute atomic E-state index is 12.2. The quantitative estimate of drug-likeness (QED) is 0.704. The second-order valence-corrected chi connectivity index (χ2v) is 4.05. The van der Waals surface area contributed by atoms with Crippen LogP contribution < -0.4 is 9.47 Å². The van der Waals surface area contributed by atoms with Gasteiger partial charge in [-0.05, 0) is 31.0 Å². The highest BCUT2D eigenvalue weighted by Gasteiger charge is 2.32. The number of benzene rings is 1. The summed E-state index contributed by atoms with van der Waals surface area (Å²) in [5.41, 5.74) is 0.690. The molecule has 0 atom stereocenters. The van der Waals surface area contributed by atoms with E-state index in [9.17, 15) is 13.2 Å². The van der Waals surface area contributed by atoms with E-state index in [0.717, 1.165) is 19.3 Å². The van der Waals surface area contributed by atoms with Crippen LogP contribution in [-0.4, -0.2) is 13.0 Å². The lowest BCUT2D eigenvalue weighted by atomic mass is 10.2. The van der Waals surface area contributed by atoms with E-state index in [0.29, 0.717) is 12.2 Å². The van der Waals surface area contributed by atoms with Crippen molar-refractivity contribution in [2.24, 2.45) is 0 Å². The van der Waals surface area contributed by atoms with E-state index in [1.165, 1.54) is 12.1 Å². The Bertz CT molecular complexity index is 375. The maximum atomic E-state index is 12.2. The van der Waals surface area contributed by atoms with Gasteiger partial charge in [-0.25, -0.2) is 0 Å². The fourth-order valence-corrected chi connectivity index (χ4v) is 1.47. The average Bonchev–Trinajstić information content (AvgIpc) is 2.24. The third-order valence-electron chi connectivity index (χ3n) is 2.33. The molecule has 0 aliphatic heterocycles. The lowest BCUT2D eigenvalue weighted by Gasteiger charge is -2.14. The molecule has 102 valence electrons. The van der Waals surface area contributed by atoms with Gasteiger partial charge in [-0.1, -0.05) is 25.8 Å². The molecular formula is C13H17F3O2. The van der Waals surface area contributed by atoms with Crippen LogP contribution in [0.2, 0.25) is 0 Å². The van der Waals surface area contributed by atoms with Crippen LogP contribution in [0.15, 0.2) is 18.2 Å². The van der Waals surface area contributed by atoms with Crippen molar-refractivity contribution in [1.82, 2.24) is 0 Å². The first-order valence-corrected chi connectivity index (χ1v) is 5.91. The summed E-state index contributed by atoms with van der Waals surface area (Å²) in [6.45, 7) is 4.14. The molecule has 0 heterocycles. The minimum absolute atomic E-state index is 0.133. The zero-order valence-corrected chi connectivity index (χ0v) is 10.5. The molecule has 0 fully saturated rings. The van der Waals surface area contributed by atoms with Gasteiger partial charge in [0.25, 0.3) is 0 Å². The fourth-order valence-electron chi connectivity index (χ4n) is 1.47. The van der Waals surface area contributed by atoms with E-state index in [-0.39, 0.29) is 11.5 Å². The first-order valence-electron chi connectivity index (χ1n) is 5.91. The molecule has 0 radical (unpaired) electrons. The summed E-state index contributed by atoms with van der Waals surface area (Å²) in [4.78, 5) is 0. The summed E-state index contributed by atoms with van der Waals surface area (Å²) in [5.74, 6) is -0.145. The molecule has 1 aromatic rings. The summed E-state index contributed by atoms with van der Waals surface area (Å²) >= 11 is 0. The van der Waals surface area contributed by atoms with Gasteiger partial charge >= 0.3 is 6.36 Å². The minimum Gasteiger partial charge on any atom is -0.490 e. The second-order valence-electron chi connectivity index (χ2n) is 4.05. The van der Waals surface area contributed by atoms with Gasteiger partial charge in [-0.15, -0.1) is 13.2 Å². The summed E-state index contributed by atoms with van der Waals surface area (Å²) in [6, 6.07) is 4.52. The predicted octanol–water partition coefficient (Wildman–Crippen LogP) is 4.46. The van der Waals surface area contributed by atoms with Crippen LogP contribution in [0.5, 0.6) is 11.5 Å². The largest absolute Gasteiger partial charge is 0.573 e. The van der Waals surface area contributed by atoms with Crippen molar-refractivity contribution >= 4 is 0 Å². The fraction of sp³-hybridized carbons (Fsp3) is 0.538. The Kier molecular flexibility index (Phi) is 5.31. The van der Waals surface area contributed by atoms with Crippen LogP contribution in [0.25, 0.3) is 0 Å². The SMILES string of the molecule is CCCCCOc1ccc(C)cc1OC(F)(F)F. The number of unbranched alkanes of at least 4 members (excludes halogenated alkanes) is 2. The van der Waals surface area contributed by atoms with Gasteiger partial charge in [-0.2, -0.15) is 0 Å². The molecule has 18 heavy (non-hydrogen) atoms. The smallest absolute Gasteiger partial charge is 0.490 e. The molecule has 0 amide bonds. The van der Waals surface area contributed by atoms with Gasteiger partial charge in [0.2, 0.25) is 0 Å². The molecule has 0 aromatic heterocycles. The molecule has 1 rings (SSSR count). The number of halogens is 3. The van der Waals surface area contributed by atoms with E-state index >= 15 is 0 Å². The van der Waals surface area contributed by atoms with Crippen LogP contribution in [0, 0.1) is 6.92 Å². The molecule has 0 spiro atoms. The average molecular weight is 262 g/mol. The molecular weight excluding hydrogens is 245 g/mol. The second kappa shape index (κ2) is 6.52. The molecule has 0 saturated carbocycles. The summed E-state index contributed by atoms with van der Waals surface area (Å²) < 4.78 is 45.9. The number of ether oxygens (including phenoxy) is 2. The Hall–Kier alpha value is -1.39. The van der Waals surface area contributed by atoms with Crippen molar-refractivity contribution in [1.29, 1.82) is 0 Å². The molecule has 0 saturated heterocycles. The Morgan fingerprint density at radius 1 is 1.11 bits per heavy atom. The molecule has 1 aromatic carbocycles. The zero-order chi connectivity index (χ0) is 13.6. The normalized spacial score (nSPS) is 11.4. The minimum atomic E-state index is -4.70. The molecule has 0 bridgehead atoms. The van der Waals surface area contributed by atoms with Crippen molar-refractivity contribution in [3.05, 3.63) is 23.8 Å². The number of rotatable bonds is 6. The van der Waals surface area contributed by atoms with Gasteiger partial charge in [0.1, 0.15) is 0 Å². The van der Waals surface area contributed by atoms with Crippen molar-refractivity contribution in [2.45, 2.75) is 39.5 Å². The lowest BCUT2D eigenvalue weighted by molar-refractivity contribution is -0.275. The van der Waals surface area contributed by atoms with Crippen LogP contribution in [-0.2, 0) is 0 Å². The Morgan fingerprint density at radius 2 is 1.83 bits per heavy atom. The number of aryl methyl sites for hydroxylation is 1. The van der Waals surface area contributed by atoms with Crippen molar-refractivity contribution in [2.75, 3.05) is 6.61 Å². The molecule has 2 nitrogen and oxygen atoms in total. The Labute approximate surface area is 105 Å². The topological polar surface area (TPSA) is 18.5 Å². The molecule has 0 unspecified atom stereocenters. The Morgan fingerprint density at radius 3 is 2.44 bits per heavy atom. The maximum Gasteiger partial charge on any atom is 0.573 e. The third-order valence-corrected chi connectivity index (χ3v) is 2.33. The van der Waals surface area contributed by atoms with Crippen LogP contribution in [0.4, 0.5) is 13.2 Å². The van der Waals surface area contributed by atoms with Gasteiger partial charge in [0.05, 0.1) is 6.61 Å². The van der Waals surface area contributed by atoms with Gasteiger partial charge in [-0.3, -0.25) is 0 Å². The lowest BCUT2D eigenvalue weighted by Crippen LogP contribution is -2.18. The number of hydrogen-bond acceptors (Lipinski definition) is 2. The van der Waals surface area contributed by atoms with E-state index in [2.05, 4.69) is 4.74 Å².